The molecule has 4 aliphatic heterocycles. The van der Waals surface area contributed by atoms with Crippen LogP contribution in [0.5, 0.6) is 0 Å². The third kappa shape index (κ3) is 6.66. The topological polar surface area (TPSA) is 155 Å². The Kier molecular flexibility index (Phi) is 9.51. The lowest BCUT2D eigenvalue weighted by Crippen LogP contribution is -2.54. The fraction of sp³-hybridized carbons (Fsp3) is 0.341. The second-order valence-corrected chi connectivity index (χ2v) is 15.8. The number of fused-ring (bicyclic) bond motifs is 2. The van der Waals surface area contributed by atoms with Crippen molar-refractivity contribution in [3.05, 3.63) is 95.3 Å². The molecule has 1 unspecified atom stereocenters. The fourth-order valence-corrected chi connectivity index (χ4v) is 8.90. The predicted molar refractivity (Wildman–Crippen MR) is 220 cm³/mol. The third-order valence-corrected chi connectivity index (χ3v) is 12.2. The van der Waals surface area contributed by atoms with Crippen LogP contribution < -0.4 is 15.1 Å². The summed E-state index contributed by atoms with van der Waals surface area (Å²) < 4.78 is 0. The van der Waals surface area contributed by atoms with E-state index in [4.69, 9.17) is 4.98 Å². The first-order valence-electron chi connectivity index (χ1n) is 19.9. The number of aromatic amines is 1. The van der Waals surface area contributed by atoms with Gasteiger partial charge in [-0.15, -0.1) is 0 Å². The van der Waals surface area contributed by atoms with Crippen LogP contribution in [-0.4, -0.2) is 125 Å². The summed E-state index contributed by atoms with van der Waals surface area (Å²) in [6, 6.07) is 19.3. The van der Waals surface area contributed by atoms with Crippen molar-refractivity contribution in [2.75, 3.05) is 63.2 Å². The maximum absolute atomic E-state index is 13.4. The molecule has 296 valence electrons. The molecule has 2 aromatic heterocycles. The maximum atomic E-state index is 13.4. The Labute approximate surface area is 335 Å². The number of carbonyl (C=O) groups is 5. The van der Waals surface area contributed by atoms with E-state index in [9.17, 15) is 24.0 Å². The Morgan fingerprint density at radius 3 is 2.16 bits per heavy atom. The van der Waals surface area contributed by atoms with E-state index in [2.05, 4.69) is 54.2 Å². The number of anilines is 2. The van der Waals surface area contributed by atoms with Gasteiger partial charge in [0.05, 0.1) is 23.0 Å². The molecule has 14 heteroatoms. The van der Waals surface area contributed by atoms with Crippen LogP contribution in [0.15, 0.2) is 73.1 Å². The molecule has 3 aromatic carbocycles. The molecule has 14 nitrogen and oxygen atoms in total. The van der Waals surface area contributed by atoms with E-state index < -0.39 is 23.8 Å². The van der Waals surface area contributed by atoms with Crippen molar-refractivity contribution in [1.82, 2.24) is 35.0 Å². The van der Waals surface area contributed by atoms with Gasteiger partial charge in [-0.05, 0) is 73.7 Å². The average Bonchev–Trinajstić information content (AvgIpc) is 3.77. The zero-order valence-corrected chi connectivity index (χ0v) is 32.8. The molecule has 5 aromatic rings. The van der Waals surface area contributed by atoms with E-state index >= 15 is 0 Å². The Balaban J connectivity index is 0.800. The number of carbonyl (C=O) groups excluding carboxylic acids is 5. The van der Waals surface area contributed by atoms with Gasteiger partial charge in [0.25, 0.3) is 17.7 Å². The molecule has 6 heterocycles. The van der Waals surface area contributed by atoms with Gasteiger partial charge in [-0.1, -0.05) is 24.3 Å². The van der Waals surface area contributed by atoms with Crippen molar-refractivity contribution in [3.8, 4) is 22.4 Å². The fourth-order valence-electron chi connectivity index (χ4n) is 8.90. The molecule has 5 amide bonds. The Morgan fingerprint density at radius 2 is 1.45 bits per heavy atom. The summed E-state index contributed by atoms with van der Waals surface area (Å²) in [4.78, 5) is 86.1. The minimum atomic E-state index is -0.970. The molecule has 2 N–H and O–H groups in total. The van der Waals surface area contributed by atoms with Crippen molar-refractivity contribution in [3.63, 3.8) is 0 Å². The Hall–Kier alpha value is -6.41. The van der Waals surface area contributed by atoms with Gasteiger partial charge in [0.15, 0.2) is 5.65 Å². The van der Waals surface area contributed by atoms with E-state index in [1.54, 1.807) is 37.3 Å². The predicted octanol–water partition coefficient (Wildman–Crippen LogP) is 4.49. The first-order valence-corrected chi connectivity index (χ1v) is 19.9. The Bertz CT molecular complexity index is 2480. The lowest BCUT2D eigenvalue weighted by molar-refractivity contribution is -0.136. The van der Waals surface area contributed by atoms with Gasteiger partial charge in [0.2, 0.25) is 11.8 Å². The standard InChI is InChI=1S/C44H45N9O5/c1-26-22-28(6-10-32(26)42(56)49(2)3)35-24-45-40-39(35)47-36(25-46-40)27-4-7-29(8-5-27)51-18-20-52(21-19-51)30-14-16-50(17-15-30)31-9-11-33-34(23-31)44(58)53(43(33)57)37-12-13-38(54)48-41(37)55/h4-11,22-25,30,37H,12-21H2,1-3H3,(H,45,46)(H,48,54,55). The van der Waals surface area contributed by atoms with Crippen LogP contribution in [0.25, 0.3) is 33.5 Å². The number of benzene rings is 3. The zero-order valence-electron chi connectivity index (χ0n) is 32.8. The minimum Gasteiger partial charge on any atom is -0.371 e. The summed E-state index contributed by atoms with van der Waals surface area (Å²) in [5, 5.41) is 2.25. The van der Waals surface area contributed by atoms with Gasteiger partial charge in [-0.25, -0.2) is 9.97 Å². The van der Waals surface area contributed by atoms with Gasteiger partial charge >= 0.3 is 0 Å². The highest BCUT2D eigenvalue weighted by Gasteiger charge is 2.45. The number of piperidine rings is 2. The lowest BCUT2D eigenvalue weighted by Gasteiger charge is -2.44. The van der Waals surface area contributed by atoms with Crippen molar-refractivity contribution >= 4 is 52.1 Å². The van der Waals surface area contributed by atoms with Gasteiger partial charge in [-0.3, -0.25) is 39.1 Å². The molecular formula is C44H45N9O5. The van der Waals surface area contributed by atoms with Crippen molar-refractivity contribution in [1.29, 1.82) is 0 Å². The number of aryl methyl sites for hydroxylation is 1. The quantitative estimate of drug-likeness (QED) is 0.226. The highest BCUT2D eigenvalue weighted by molar-refractivity contribution is 6.23. The van der Waals surface area contributed by atoms with Crippen molar-refractivity contribution < 1.29 is 24.0 Å². The summed E-state index contributed by atoms with van der Waals surface area (Å²) in [5.41, 5.74) is 9.48. The molecule has 3 saturated heterocycles. The van der Waals surface area contributed by atoms with Crippen LogP contribution in [0.3, 0.4) is 0 Å². The molecule has 9 rings (SSSR count). The van der Waals surface area contributed by atoms with E-state index in [0.717, 1.165) is 96.2 Å². The van der Waals surface area contributed by atoms with Crippen molar-refractivity contribution in [2.24, 2.45) is 0 Å². The number of hydrogen-bond acceptors (Lipinski definition) is 10. The molecule has 0 radical (unpaired) electrons. The number of rotatable bonds is 7. The maximum Gasteiger partial charge on any atom is 0.262 e. The second-order valence-electron chi connectivity index (χ2n) is 15.8. The number of nitrogens with one attached hydrogen (secondary N) is 2. The molecule has 0 spiro atoms. The minimum absolute atomic E-state index is 0.0218. The SMILES string of the molecule is Cc1cc(-c2c[nH]c3ncc(-c4ccc(N5CCN(C6CCN(c7ccc8c(c7)C(=O)N(C7CCC(=O)NC7=O)C8=O)CC6)CC5)cc4)nc23)ccc1C(=O)N(C)C. The normalized spacial score (nSPS) is 19.2. The number of amides is 5. The molecule has 58 heavy (non-hydrogen) atoms. The number of nitrogens with zero attached hydrogens (tertiary/aromatic N) is 7. The summed E-state index contributed by atoms with van der Waals surface area (Å²) in [7, 11) is 3.51. The van der Waals surface area contributed by atoms with Crippen LogP contribution >= 0.6 is 0 Å². The van der Waals surface area contributed by atoms with Crippen LogP contribution in [-0.2, 0) is 9.59 Å². The molecule has 3 fully saturated rings. The van der Waals surface area contributed by atoms with Crippen LogP contribution in [0.2, 0.25) is 0 Å². The Morgan fingerprint density at radius 1 is 0.759 bits per heavy atom. The molecular weight excluding hydrogens is 735 g/mol. The van der Waals surface area contributed by atoms with Gasteiger partial charge < -0.3 is 19.7 Å². The molecule has 1 atom stereocenters. The molecule has 0 saturated carbocycles. The monoisotopic (exact) mass is 779 g/mol. The summed E-state index contributed by atoms with van der Waals surface area (Å²) >= 11 is 0. The van der Waals surface area contributed by atoms with E-state index in [1.165, 1.54) is 5.69 Å². The lowest BCUT2D eigenvalue weighted by atomic mass is 10.0. The van der Waals surface area contributed by atoms with E-state index in [-0.39, 0.29) is 24.7 Å². The van der Waals surface area contributed by atoms with Crippen LogP contribution in [0, 0.1) is 6.92 Å². The summed E-state index contributed by atoms with van der Waals surface area (Å²) in [6.45, 7) is 7.44. The largest absolute Gasteiger partial charge is 0.371 e. The second kappa shape index (κ2) is 14.8. The van der Waals surface area contributed by atoms with Gasteiger partial charge in [0.1, 0.15) is 11.6 Å². The first kappa shape index (κ1) is 37.2. The van der Waals surface area contributed by atoms with Crippen molar-refractivity contribution in [2.45, 2.75) is 44.7 Å². The van der Waals surface area contributed by atoms with Gasteiger partial charge in [-0.2, -0.15) is 0 Å². The summed E-state index contributed by atoms with van der Waals surface area (Å²) in [5.74, 6) is -1.97. The highest BCUT2D eigenvalue weighted by atomic mass is 16.2. The average molecular weight is 780 g/mol. The number of hydrogen-bond donors (Lipinski definition) is 2. The van der Waals surface area contributed by atoms with Gasteiger partial charge in [0, 0.05) is 100 Å². The number of imide groups is 2. The van der Waals surface area contributed by atoms with E-state index in [1.807, 2.05) is 37.4 Å². The van der Waals surface area contributed by atoms with Crippen LogP contribution in [0.1, 0.15) is 62.3 Å². The van der Waals surface area contributed by atoms with Crippen LogP contribution in [0.4, 0.5) is 11.4 Å². The molecule has 0 bridgehead atoms. The first-order chi connectivity index (χ1) is 28.0. The third-order valence-electron chi connectivity index (χ3n) is 12.2. The summed E-state index contributed by atoms with van der Waals surface area (Å²) in [6.07, 6.45) is 5.95. The molecule has 4 aliphatic rings. The molecule has 0 aliphatic carbocycles. The number of piperazine rings is 1. The smallest absolute Gasteiger partial charge is 0.262 e. The number of aromatic nitrogens is 3. The van der Waals surface area contributed by atoms with E-state index in [0.29, 0.717) is 28.4 Å². The zero-order chi connectivity index (χ0) is 40.2. The highest BCUT2D eigenvalue weighted by Crippen LogP contribution is 2.34. The number of H-pyrrole nitrogens is 1.